The second kappa shape index (κ2) is 8.21. The molecule has 0 aromatic heterocycles. The van der Waals surface area contributed by atoms with Crippen LogP contribution in [0.15, 0.2) is 24.3 Å². The summed E-state index contributed by atoms with van der Waals surface area (Å²) in [5.74, 6) is 1.60. The van der Waals surface area contributed by atoms with E-state index in [4.69, 9.17) is 4.74 Å². The van der Waals surface area contributed by atoms with Crippen molar-refractivity contribution in [2.45, 2.75) is 52.6 Å². The maximum Gasteiger partial charge on any atom is 0.120 e. The van der Waals surface area contributed by atoms with Gasteiger partial charge in [-0.15, -0.1) is 0 Å². The predicted octanol–water partition coefficient (Wildman–Crippen LogP) is 4.31. The van der Waals surface area contributed by atoms with Gasteiger partial charge in [0.2, 0.25) is 0 Å². The van der Waals surface area contributed by atoms with Gasteiger partial charge in [0, 0.05) is 13.1 Å². The summed E-state index contributed by atoms with van der Waals surface area (Å²) < 4.78 is 6.07. The summed E-state index contributed by atoms with van der Waals surface area (Å²) in [6.07, 6.45) is 2.68. The van der Waals surface area contributed by atoms with E-state index in [-0.39, 0.29) is 0 Å². The quantitative estimate of drug-likeness (QED) is 0.805. The molecule has 0 atom stereocenters. The fraction of sp³-hybridized carbons (Fsp3) is 0.647. The van der Waals surface area contributed by atoms with Gasteiger partial charge in [0.1, 0.15) is 11.9 Å². The minimum absolute atomic E-state index is 0.397. The van der Waals surface area contributed by atoms with Gasteiger partial charge in [-0.1, -0.05) is 39.8 Å². The molecule has 1 fully saturated rings. The van der Waals surface area contributed by atoms with E-state index in [1.165, 1.54) is 5.56 Å². The Bertz CT molecular complexity index is 354. The molecule has 2 rings (SSSR count). The lowest BCUT2D eigenvalue weighted by Crippen LogP contribution is -2.35. The van der Waals surface area contributed by atoms with Crippen molar-refractivity contribution < 1.29 is 4.74 Å². The first-order valence-electron chi connectivity index (χ1n) is 7.60. The molecule has 0 aliphatic carbocycles. The van der Waals surface area contributed by atoms with E-state index in [2.05, 4.69) is 50.1 Å². The van der Waals surface area contributed by atoms with Crippen LogP contribution in [0.4, 0.5) is 0 Å². The van der Waals surface area contributed by atoms with Crippen molar-refractivity contribution in [3.05, 3.63) is 29.8 Å². The first-order valence-corrected chi connectivity index (χ1v) is 7.60. The molecule has 1 aromatic rings. The first-order chi connectivity index (χ1) is 9.15. The molecule has 0 unspecified atom stereocenters. The summed E-state index contributed by atoms with van der Waals surface area (Å²) in [5.41, 5.74) is 1.36. The van der Waals surface area contributed by atoms with Crippen LogP contribution in [-0.4, -0.2) is 31.1 Å². The normalized spacial score (nSPS) is 16.9. The summed E-state index contributed by atoms with van der Waals surface area (Å²) in [4.78, 5) is 2.37. The maximum absolute atomic E-state index is 6.07. The zero-order valence-electron chi connectivity index (χ0n) is 13.1. The molecule has 0 spiro atoms. The molecule has 1 aliphatic rings. The Kier molecular flexibility index (Phi) is 6.93. The van der Waals surface area contributed by atoms with E-state index in [1.54, 1.807) is 0 Å². The van der Waals surface area contributed by atoms with E-state index in [9.17, 15) is 0 Å². The number of hydrogen-bond acceptors (Lipinski definition) is 2. The van der Waals surface area contributed by atoms with E-state index < -0.39 is 0 Å². The molecule has 108 valence electrons. The number of likely N-dealkylation sites (tertiary alicyclic amines) is 1. The summed E-state index contributed by atoms with van der Waals surface area (Å²) in [6.45, 7) is 10.7. The fourth-order valence-electron chi connectivity index (χ4n) is 2.24. The van der Waals surface area contributed by atoms with Crippen molar-refractivity contribution in [3.63, 3.8) is 0 Å². The molecule has 1 saturated heterocycles. The second-order valence-electron chi connectivity index (χ2n) is 5.35. The molecule has 19 heavy (non-hydrogen) atoms. The lowest BCUT2D eigenvalue weighted by atomic mass is 10.0. The molecule has 0 bridgehead atoms. The van der Waals surface area contributed by atoms with Crippen LogP contribution >= 0.6 is 0 Å². The van der Waals surface area contributed by atoms with Crippen LogP contribution in [0.1, 0.15) is 52.0 Å². The van der Waals surface area contributed by atoms with Gasteiger partial charge in [-0.2, -0.15) is 0 Å². The Labute approximate surface area is 118 Å². The lowest BCUT2D eigenvalue weighted by molar-refractivity contribution is 0.114. The van der Waals surface area contributed by atoms with Crippen molar-refractivity contribution in [1.82, 2.24) is 4.90 Å². The van der Waals surface area contributed by atoms with Crippen LogP contribution in [0.5, 0.6) is 5.75 Å². The average Bonchev–Trinajstić information content (AvgIpc) is 2.44. The summed E-state index contributed by atoms with van der Waals surface area (Å²) in [5, 5.41) is 0. The van der Waals surface area contributed by atoms with Crippen LogP contribution < -0.4 is 4.74 Å². The number of rotatable bonds is 3. The minimum Gasteiger partial charge on any atom is -0.490 e. The van der Waals surface area contributed by atoms with E-state index in [0.717, 1.165) is 31.7 Å². The third kappa shape index (κ3) is 5.23. The van der Waals surface area contributed by atoms with Gasteiger partial charge in [0.15, 0.2) is 0 Å². The van der Waals surface area contributed by atoms with Gasteiger partial charge in [-0.25, -0.2) is 0 Å². The average molecular weight is 263 g/mol. The molecule has 1 heterocycles. The fourth-order valence-corrected chi connectivity index (χ4v) is 2.24. The largest absolute Gasteiger partial charge is 0.490 e. The number of piperidine rings is 1. The van der Waals surface area contributed by atoms with Crippen LogP contribution in [-0.2, 0) is 0 Å². The smallest absolute Gasteiger partial charge is 0.120 e. The summed E-state index contributed by atoms with van der Waals surface area (Å²) in [7, 11) is 2.18. The minimum atomic E-state index is 0.397. The van der Waals surface area contributed by atoms with Crippen LogP contribution in [0.25, 0.3) is 0 Å². The van der Waals surface area contributed by atoms with E-state index >= 15 is 0 Å². The van der Waals surface area contributed by atoms with Crippen LogP contribution in [0.2, 0.25) is 0 Å². The van der Waals surface area contributed by atoms with Gasteiger partial charge in [-0.3, -0.25) is 0 Å². The van der Waals surface area contributed by atoms with Crippen molar-refractivity contribution in [1.29, 1.82) is 0 Å². The van der Waals surface area contributed by atoms with Crippen LogP contribution in [0, 0.1) is 0 Å². The second-order valence-corrected chi connectivity index (χ2v) is 5.35. The highest BCUT2D eigenvalue weighted by Gasteiger charge is 2.18. The monoisotopic (exact) mass is 263 g/mol. The SMILES string of the molecule is CC.CC(C)c1cccc(OC2CCN(C)CC2)c1. The molecule has 0 amide bonds. The standard InChI is InChI=1S/C15H23NO.C2H6/c1-12(2)13-5-4-6-15(11-13)17-14-7-9-16(3)10-8-14;1-2/h4-6,11-12,14H,7-10H2,1-3H3;1-2H3. The highest BCUT2D eigenvalue weighted by atomic mass is 16.5. The van der Waals surface area contributed by atoms with E-state index in [0.29, 0.717) is 12.0 Å². The molecule has 1 aromatic carbocycles. The Balaban J connectivity index is 0.000000861. The molecule has 0 radical (unpaired) electrons. The lowest BCUT2D eigenvalue weighted by Gasteiger charge is -2.29. The molecular formula is C17H29NO. The van der Waals surface area contributed by atoms with E-state index in [1.807, 2.05) is 13.8 Å². The highest BCUT2D eigenvalue weighted by Crippen LogP contribution is 2.23. The predicted molar refractivity (Wildman–Crippen MR) is 83.0 cm³/mol. The Morgan fingerprint density at radius 3 is 2.37 bits per heavy atom. The Morgan fingerprint density at radius 1 is 1.16 bits per heavy atom. The van der Waals surface area contributed by atoms with Gasteiger partial charge in [-0.05, 0) is 43.5 Å². The number of ether oxygens (including phenoxy) is 1. The maximum atomic E-state index is 6.07. The van der Waals surface area contributed by atoms with Crippen molar-refractivity contribution in [2.75, 3.05) is 20.1 Å². The van der Waals surface area contributed by atoms with Crippen molar-refractivity contribution >= 4 is 0 Å². The third-order valence-electron chi connectivity index (χ3n) is 3.49. The van der Waals surface area contributed by atoms with Gasteiger partial charge in [0.05, 0.1) is 0 Å². The molecule has 0 saturated carbocycles. The highest BCUT2D eigenvalue weighted by molar-refractivity contribution is 5.30. The van der Waals surface area contributed by atoms with Crippen LogP contribution in [0.3, 0.4) is 0 Å². The number of hydrogen-bond donors (Lipinski definition) is 0. The molecule has 0 N–H and O–H groups in total. The number of benzene rings is 1. The topological polar surface area (TPSA) is 12.5 Å². The molecule has 1 aliphatic heterocycles. The first kappa shape index (κ1) is 16.0. The van der Waals surface area contributed by atoms with Gasteiger partial charge >= 0.3 is 0 Å². The Hall–Kier alpha value is -1.02. The zero-order chi connectivity index (χ0) is 14.3. The zero-order valence-corrected chi connectivity index (χ0v) is 13.1. The summed E-state index contributed by atoms with van der Waals surface area (Å²) in [6, 6.07) is 8.53. The van der Waals surface area contributed by atoms with Crippen molar-refractivity contribution in [3.8, 4) is 5.75 Å². The van der Waals surface area contributed by atoms with Gasteiger partial charge < -0.3 is 9.64 Å². The van der Waals surface area contributed by atoms with Gasteiger partial charge in [0.25, 0.3) is 0 Å². The number of nitrogens with zero attached hydrogens (tertiary/aromatic N) is 1. The molecular weight excluding hydrogens is 234 g/mol. The summed E-state index contributed by atoms with van der Waals surface area (Å²) >= 11 is 0. The Morgan fingerprint density at radius 2 is 1.79 bits per heavy atom. The molecule has 2 nitrogen and oxygen atoms in total. The third-order valence-corrected chi connectivity index (χ3v) is 3.49. The van der Waals surface area contributed by atoms with Crippen molar-refractivity contribution in [2.24, 2.45) is 0 Å². The molecule has 2 heteroatoms.